The molecule has 17 heavy (non-hydrogen) atoms. The highest BCUT2D eigenvalue weighted by Crippen LogP contribution is 2.16. The minimum atomic E-state index is -0.205. The van der Waals surface area contributed by atoms with Crippen molar-refractivity contribution < 1.29 is 4.39 Å². The Morgan fingerprint density at radius 2 is 1.76 bits per heavy atom. The van der Waals surface area contributed by atoms with E-state index >= 15 is 0 Å². The van der Waals surface area contributed by atoms with Crippen LogP contribution in [0.5, 0.6) is 0 Å². The fraction of sp³-hybridized carbons (Fsp3) is 0.571. The molecule has 0 amide bonds. The number of benzene rings is 1. The van der Waals surface area contributed by atoms with Crippen LogP contribution in [0.1, 0.15) is 38.3 Å². The van der Waals surface area contributed by atoms with Crippen molar-refractivity contribution in [1.29, 1.82) is 0 Å². The van der Waals surface area contributed by atoms with Crippen molar-refractivity contribution in [2.75, 3.05) is 19.6 Å². The first-order chi connectivity index (χ1) is 8.17. The van der Waals surface area contributed by atoms with Gasteiger partial charge in [-0.3, -0.25) is 0 Å². The summed E-state index contributed by atoms with van der Waals surface area (Å²) in [4.78, 5) is 2.39. The van der Waals surface area contributed by atoms with Crippen LogP contribution in [0.2, 0.25) is 0 Å². The van der Waals surface area contributed by atoms with Gasteiger partial charge in [0.25, 0.3) is 0 Å². The summed E-state index contributed by atoms with van der Waals surface area (Å²) in [6.45, 7) is 7.60. The lowest BCUT2D eigenvalue weighted by atomic mass is 10.0. The van der Waals surface area contributed by atoms with E-state index in [4.69, 9.17) is 5.73 Å². The number of halogens is 1. The number of nitrogens with two attached hydrogens (primary N) is 1. The summed E-state index contributed by atoms with van der Waals surface area (Å²) in [5, 5.41) is 0. The lowest BCUT2D eigenvalue weighted by Gasteiger charge is -2.19. The normalized spacial score (nSPS) is 13.0. The highest BCUT2D eigenvalue weighted by Gasteiger charge is 2.07. The number of hydrogen-bond acceptors (Lipinski definition) is 2. The Labute approximate surface area is 104 Å². The highest BCUT2D eigenvalue weighted by atomic mass is 19.1. The first-order valence-electron chi connectivity index (χ1n) is 6.40. The van der Waals surface area contributed by atoms with Gasteiger partial charge in [-0.1, -0.05) is 26.0 Å². The van der Waals surface area contributed by atoms with Crippen LogP contribution < -0.4 is 5.73 Å². The van der Waals surface area contributed by atoms with Gasteiger partial charge in [0.2, 0.25) is 0 Å². The third kappa shape index (κ3) is 4.84. The Balaban J connectivity index is 2.34. The second kappa shape index (κ2) is 7.41. The Bertz CT molecular complexity index is 307. The lowest BCUT2D eigenvalue weighted by molar-refractivity contribution is 0.293. The van der Waals surface area contributed by atoms with Crippen LogP contribution in [0.15, 0.2) is 24.3 Å². The molecule has 1 aromatic rings. The smallest absolute Gasteiger partial charge is 0.123 e. The van der Waals surface area contributed by atoms with Crippen molar-refractivity contribution in [3.05, 3.63) is 35.6 Å². The fourth-order valence-corrected chi connectivity index (χ4v) is 1.95. The molecule has 2 N–H and O–H groups in total. The second-order valence-corrected chi connectivity index (χ2v) is 4.33. The molecule has 0 aromatic heterocycles. The van der Waals surface area contributed by atoms with Gasteiger partial charge >= 0.3 is 0 Å². The molecule has 0 saturated heterocycles. The molecule has 0 aliphatic carbocycles. The third-order valence-corrected chi connectivity index (χ3v) is 3.18. The highest BCUT2D eigenvalue weighted by molar-refractivity contribution is 5.19. The van der Waals surface area contributed by atoms with E-state index in [0.717, 1.165) is 38.0 Å². The van der Waals surface area contributed by atoms with Crippen LogP contribution in [0.25, 0.3) is 0 Å². The summed E-state index contributed by atoms with van der Waals surface area (Å²) in [6.07, 6.45) is 2.03. The first-order valence-corrected chi connectivity index (χ1v) is 6.40. The molecule has 0 aliphatic heterocycles. The molecule has 1 atom stereocenters. The van der Waals surface area contributed by atoms with Gasteiger partial charge in [0.15, 0.2) is 0 Å². The summed E-state index contributed by atoms with van der Waals surface area (Å²) >= 11 is 0. The van der Waals surface area contributed by atoms with Crippen molar-refractivity contribution in [3.8, 4) is 0 Å². The summed E-state index contributed by atoms with van der Waals surface area (Å²) in [7, 11) is 0. The van der Waals surface area contributed by atoms with E-state index in [1.54, 1.807) is 12.1 Å². The Hall–Kier alpha value is -0.930. The standard InChI is InChI=1S/C14H23FN2/c1-3-17(4-2)11-5-6-14(16)12-7-9-13(15)10-8-12/h7-10,14H,3-6,11,16H2,1-2H3. The fourth-order valence-electron chi connectivity index (χ4n) is 1.95. The topological polar surface area (TPSA) is 29.3 Å². The zero-order valence-corrected chi connectivity index (χ0v) is 10.8. The first kappa shape index (κ1) is 14.1. The molecule has 2 nitrogen and oxygen atoms in total. The maximum Gasteiger partial charge on any atom is 0.123 e. The summed E-state index contributed by atoms with van der Waals surface area (Å²) in [6, 6.07) is 6.51. The van der Waals surface area contributed by atoms with Gasteiger partial charge in [-0.05, 0) is 50.2 Å². The SMILES string of the molecule is CCN(CC)CCCC(N)c1ccc(F)cc1. The van der Waals surface area contributed by atoms with Gasteiger partial charge in [-0.15, -0.1) is 0 Å². The van der Waals surface area contributed by atoms with Crippen LogP contribution in [0.3, 0.4) is 0 Å². The molecular weight excluding hydrogens is 215 g/mol. The average molecular weight is 238 g/mol. The van der Waals surface area contributed by atoms with E-state index in [0.29, 0.717) is 0 Å². The molecule has 1 aromatic carbocycles. The molecule has 0 bridgehead atoms. The van der Waals surface area contributed by atoms with E-state index < -0.39 is 0 Å². The van der Waals surface area contributed by atoms with Crippen LogP contribution in [-0.2, 0) is 0 Å². The van der Waals surface area contributed by atoms with Crippen LogP contribution in [0.4, 0.5) is 4.39 Å². The molecule has 0 spiro atoms. The lowest BCUT2D eigenvalue weighted by Crippen LogP contribution is -2.24. The third-order valence-electron chi connectivity index (χ3n) is 3.18. The van der Waals surface area contributed by atoms with E-state index in [-0.39, 0.29) is 11.9 Å². The Morgan fingerprint density at radius 3 is 2.29 bits per heavy atom. The van der Waals surface area contributed by atoms with Crippen LogP contribution >= 0.6 is 0 Å². The minimum absolute atomic E-state index is 0.0196. The molecule has 1 unspecified atom stereocenters. The molecule has 1 rings (SSSR count). The van der Waals surface area contributed by atoms with Gasteiger partial charge in [0.1, 0.15) is 5.82 Å². The van der Waals surface area contributed by atoms with Crippen molar-refractivity contribution in [2.24, 2.45) is 5.73 Å². The summed E-state index contributed by atoms with van der Waals surface area (Å²) < 4.78 is 12.8. The van der Waals surface area contributed by atoms with E-state index in [1.165, 1.54) is 12.1 Å². The predicted octanol–water partition coefficient (Wildman–Crippen LogP) is 2.95. The van der Waals surface area contributed by atoms with Gasteiger partial charge in [0, 0.05) is 6.04 Å². The summed E-state index contributed by atoms with van der Waals surface area (Å²) in [5.74, 6) is -0.205. The maximum absolute atomic E-state index is 12.8. The summed E-state index contributed by atoms with van der Waals surface area (Å²) in [5.41, 5.74) is 7.09. The van der Waals surface area contributed by atoms with E-state index in [1.807, 2.05) is 0 Å². The van der Waals surface area contributed by atoms with Gasteiger partial charge < -0.3 is 10.6 Å². The van der Waals surface area contributed by atoms with Crippen molar-refractivity contribution in [1.82, 2.24) is 4.90 Å². The molecule has 3 heteroatoms. The molecule has 0 aliphatic rings. The number of nitrogens with zero attached hydrogens (tertiary/aromatic N) is 1. The van der Waals surface area contributed by atoms with E-state index in [2.05, 4.69) is 18.7 Å². The molecule has 0 heterocycles. The van der Waals surface area contributed by atoms with E-state index in [9.17, 15) is 4.39 Å². The van der Waals surface area contributed by atoms with Crippen molar-refractivity contribution in [2.45, 2.75) is 32.7 Å². The van der Waals surface area contributed by atoms with Crippen molar-refractivity contribution >= 4 is 0 Å². The van der Waals surface area contributed by atoms with Gasteiger partial charge in [-0.2, -0.15) is 0 Å². The largest absolute Gasteiger partial charge is 0.324 e. The quantitative estimate of drug-likeness (QED) is 0.791. The molecule has 0 saturated carbocycles. The zero-order chi connectivity index (χ0) is 12.7. The predicted molar refractivity (Wildman–Crippen MR) is 70.4 cm³/mol. The number of rotatable bonds is 7. The van der Waals surface area contributed by atoms with Crippen molar-refractivity contribution in [3.63, 3.8) is 0 Å². The molecule has 96 valence electrons. The van der Waals surface area contributed by atoms with Gasteiger partial charge in [-0.25, -0.2) is 4.39 Å². The van der Waals surface area contributed by atoms with Gasteiger partial charge in [0.05, 0.1) is 0 Å². The second-order valence-electron chi connectivity index (χ2n) is 4.33. The number of hydrogen-bond donors (Lipinski definition) is 1. The Morgan fingerprint density at radius 1 is 1.18 bits per heavy atom. The average Bonchev–Trinajstić information content (AvgIpc) is 2.35. The maximum atomic E-state index is 12.8. The molecule has 0 radical (unpaired) electrons. The Kier molecular flexibility index (Phi) is 6.16. The minimum Gasteiger partial charge on any atom is -0.324 e. The molecular formula is C14H23FN2. The molecule has 0 fully saturated rings. The van der Waals surface area contributed by atoms with Crippen LogP contribution in [-0.4, -0.2) is 24.5 Å². The van der Waals surface area contributed by atoms with Crippen LogP contribution in [0, 0.1) is 5.82 Å². The monoisotopic (exact) mass is 238 g/mol. The zero-order valence-electron chi connectivity index (χ0n) is 10.8.